The van der Waals surface area contributed by atoms with Crippen LogP contribution in [0.15, 0.2) is 146 Å². The maximum Gasteiger partial charge on any atom is 0.512 e. The minimum Gasteiger partial charge on any atom is -0.409 e. The molecular formula is C40H52I4O8Si8. The molecule has 1 aliphatic rings. The van der Waals surface area contributed by atoms with Crippen molar-refractivity contribution in [1.82, 2.24) is 0 Å². The molecule has 0 bridgehead atoms. The quantitative estimate of drug-likeness (QED) is 0.0812. The Labute approximate surface area is 420 Å². The van der Waals surface area contributed by atoms with Gasteiger partial charge in [-0.15, -0.1) is 26.3 Å². The molecule has 60 heavy (non-hydrogen) atoms. The summed E-state index contributed by atoms with van der Waals surface area (Å²) in [5.74, 6) is 0. The Bertz CT molecular complexity index is 1860. The average molecular weight is 1390 g/mol. The zero-order valence-electron chi connectivity index (χ0n) is 35.2. The molecule has 320 valence electrons. The SMILES string of the molecule is C=C[Si](C)(C)O[Si]1(c2ccc(I)cc2)O[Si](O[Si](C)(C)C=C)(c2ccc(I)cc2)O[Si](O[Si](C)(C)C=C)(c2ccc(I)cc2)O[Si](O[Si](C)(C)C=C)(c2ccc(I)cc2)O1. The predicted octanol–water partition coefficient (Wildman–Crippen LogP) is 9.66. The van der Waals surface area contributed by atoms with Gasteiger partial charge in [-0.05, 0) is 191 Å². The Morgan fingerprint density at radius 2 is 0.500 bits per heavy atom. The fourth-order valence-electron chi connectivity index (χ4n) is 5.83. The van der Waals surface area contributed by atoms with E-state index in [9.17, 15) is 0 Å². The first kappa shape index (κ1) is 51.2. The highest BCUT2D eigenvalue weighted by atomic mass is 127. The highest BCUT2D eigenvalue weighted by Crippen LogP contribution is 2.39. The van der Waals surface area contributed by atoms with E-state index in [0.29, 0.717) is 20.7 Å². The van der Waals surface area contributed by atoms with E-state index in [4.69, 9.17) is 32.9 Å². The van der Waals surface area contributed by atoms with Crippen molar-refractivity contribution in [2.24, 2.45) is 0 Å². The van der Waals surface area contributed by atoms with Gasteiger partial charge in [0.25, 0.3) is 0 Å². The standard InChI is InChI=1S/C40H52I4O8Si8/c1-13-53(5,6)45-57(37-25-17-33(41)18-26-37)49-58(46-54(7,8)14-2,38-27-19-34(42)20-28-38)51-60(48-56(11,12)16-4,40-31-23-36(44)24-32-40)52-59(50-57,47-55(9,10)15-3)39-29-21-35(43)22-30-39/h13-32H,1-4H2,5-12H3. The third-order valence-corrected chi connectivity index (χ3v) is 41.7. The van der Waals surface area contributed by atoms with Gasteiger partial charge in [0, 0.05) is 35.0 Å². The molecule has 20 heteroatoms. The van der Waals surface area contributed by atoms with Crippen molar-refractivity contribution < 1.29 is 32.9 Å². The largest absolute Gasteiger partial charge is 0.512 e. The summed E-state index contributed by atoms with van der Waals surface area (Å²) in [4.78, 5) is 0. The van der Waals surface area contributed by atoms with Gasteiger partial charge in [0.15, 0.2) is 0 Å². The monoisotopic (exact) mass is 1390 g/mol. The molecule has 5 rings (SSSR count). The minimum absolute atomic E-state index is 0.704. The summed E-state index contributed by atoms with van der Waals surface area (Å²) < 4.78 is 66.7. The van der Waals surface area contributed by atoms with Gasteiger partial charge in [-0.3, -0.25) is 0 Å². The van der Waals surface area contributed by atoms with Crippen LogP contribution in [-0.4, -0.2) is 68.5 Å². The van der Waals surface area contributed by atoms with E-state index in [-0.39, 0.29) is 0 Å². The molecule has 0 aliphatic carbocycles. The highest BCUT2D eigenvalue weighted by Gasteiger charge is 2.73. The maximum absolute atomic E-state index is 8.05. The molecule has 0 aromatic heterocycles. The van der Waals surface area contributed by atoms with Crippen molar-refractivity contribution in [3.05, 3.63) is 160 Å². The molecule has 0 unspecified atom stereocenters. The van der Waals surface area contributed by atoms with Crippen LogP contribution in [0.3, 0.4) is 0 Å². The zero-order chi connectivity index (χ0) is 44.4. The Morgan fingerprint density at radius 3 is 0.633 bits per heavy atom. The van der Waals surface area contributed by atoms with Crippen molar-refractivity contribution in [3.8, 4) is 0 Å². The van der Waals surface area contributed by atoms with Gasteiger partial charge in [0.1, 0.15) is 0 Å². The van der Waals surface area contributed by atoms with Crippen LogP contribution in [0, 0.1) is 14.3 Å². The Morgan fingerprint density at radius 1 is 0.350 bits per heavy atom. The van der Waals surface area contributed by atoms with Crippen molar-refractivity contribution in [2.75, 3.05) is 0 Å². The van der Waals surface area contributed by atoms with E-state index < -0.39 is 68.5 Å². The molecule has 1 aliphatic heterocycles. The number of rotatable bonds is 16. The molecule has 0 amide bonds. The lowest BCUT2D eigenvalue weighted by molar-refractivity contribution is 0.105. The number of benzene rings is 4. The summed E-state index contributed by atoms with van der Waals surface area (Å²) in [6.07, 6.45) is 0. The first-order valence-corrected chi connectivity index (χ1v) is 42.3. The Balaban J connectivity index is 2.10. The molecule has 1 saturated heterocycles. The lowest BCUT2D eigenvalue weighted by atomic mass is 10.4. The van der Waals surface area contributed by atoms with Gasteiger partial charge in [-0.25, -0.2) is 0 Å². The van der Waals surface area contributed by atoms with E-state index >= 15 is 0 Å². The highest BCUT2D eigenvalue weighted by molar-refractivity contribution is 14.1. The fraction of sp³-hybridized carbons (Fsp3) is 0.200. The summed E-state index contributed by atoms with van der Waals surface area (Å²) in [5, 5.41) is 2.82. The number of halogens is 4. The molecule has 0 saturated carbocycles. The maximum atomic E-state index is 8.05. The summed E-state index contributed by atoms with van der Waals surface area (Å²) in [6.45, 7) is 33.7. The first-order chi connectivity index (χ1) is 27.9. The lowest BCUT2D eigenvalue weighted by Gasteiger charge is -2.53. The van der Waals surface area contributed by atoms with Gasteiger partial charge >= 0.3 is 35.2 Å². The Kier molecular flexibility index (Phi) is 17.0. The van der Waals surface area contributed by atoms with E-state index in [0.717, 1.165) is 14.3 Å². The molecule has 0 spiro atoms. The molecule has 8 nitrogen and oxygen atoms in total. The van der Waals surface area contributed by atoms with E-state index in [1.165, 1.54) is 0 Å². The van der Waals surface area contributed by atoms with Crippen molar-refractivity contribution in [2.45, 2.75) is 52.4 Å². The van der Waals surface area contributed by atoms with E-state index in [2.05, 4.69) is 169 Å². The smallest absolute Gasteiger partial charge is 0.409 e. The molecule has 4 aromatic rings. The fourth-order valence-corrected chi connectivity index (χ4v) is 39.8. The summed E-state index contributed by atoms with van der Waals surface area (Å²) in [5.41, 5.74) is 7.57. The third-order valence-electron chi connectivity index (χ3n) is 9.42. The van der Waals surface area contributed by atoms with Crippen LogP contribution >= 0.6 is 90.4 Å². The van der Waals surface area contributed by atoms with E-state index in [1.54, 1.807) is 0 Å². The number of hydrogen-bond acceptors (Lipinski definition) is 8. The van der Waals surface area contributed by atoms with Crippen LogP contribution in [0.4, 0.5) is 0 Å². The second-order valence-corrected chi connectivity index (χ2v) is 49.0. The van der Waals surface area contributed by atoms with Crippen LogP contribution in [0.2, 0.25) is 52.4 Å². The van der Waals surface area contributed by atoms with Crippen molar-refractivity contribution in [1.29, 1.82) is 0 Å². The normalized spacial score (nSPS) is 24.2. The topological polar surface area (TPSA) is 73.8 Å². The lowest BCUT2D eigenvalue weighted by Crippen LogP contribution is -2.85. The molecule has 0 radical (unpaired) electrons. The number of hydrogen-bond donors (Lipinski definition) is 0. The van der Waals surface area contributed by atoms with Gasteiger partial charge in [0.05, 0.1) is 0 Å². The van der Waals surface area contributed by atoms with Gasteiger partial charge in [-0.1, -0.05) is 71.3 Å². The van der Waals surface area contributed by atoms with Crippen LogP contribution in [0.1, 0.15) is 0 Å². The van der Waals surface area contributed by atoms with Crippen LogP contribution in [0.5, 0.6) is 0 Å². The molecule has 4 aromatic carbocycles. The van der Waals surface area contributed by atoms with Gasteiger partial charge in [-0.2, -0.15) is 0 Å². The molecule has 1 heterocycles. The van der Waals surface area contributed by atoms with Crippen LogP contribution in [-0.2, 0) is 32.9 Å². The second-order valence-electron chi connectivity index (χ2n) is 16.3. The second kappa shape index (κ2) is 20.0. The molecule has 1 fully saturated rings. The first-order valence-electron chi connectivity index (χ1n) is 19.1. The summed E-state index contributed by atoms with van der Waals surface area (Å²) in [6, 6.07) is 32.4. The van der Waals surface area contributed by atoms with Gasteiger partial charge < -0.3 is 32.9 Å². The minimum atomic E-state index is -4.41. The molecule has 0 atom stereocenters. The predicted molar refractivity (Wildman–Crippen MR) is 298 cm³/mol. The summed E-state index contributed by atoms with van der Waals surface area (Å²) >= 11 is 9.24. The van der Waals surface area contributed by atoms with Crippen LogP contribution in [0.25, 0.3) is 0 Å². The zero-order valence-corrected chi connectivity index (χ0v) is 51.8. The Hall–Kier alpha value is 0.175. The van der Waals surface area contributed by atoms with Gasteiger partial charge in [0.2, 0.25) is 33.3 Å². The third kappa shape index (κ3) is 12.3. The molecule has 0 N–H and O–H groups in total. The van der Waals surface area contributed by atoms with E-state index in [1.807, 2.05) is 120 Å². The average Bonchev–Trinajstić information content (AvgIpc) is 3.17. The van der Waals surface area contributed by atoms with Crippen molar-refractivity contribution >= 4 is 180 Å². The molecular weight excluding hydrogens is 1340 g/mol. The van der Waals surface area contributed by atoms with Crippen molar-refractivity contribution in [3.63, 3.8) is 0 Å². The van der Waals surface area contributed by atoms with Crippen LogP contribution < -0.4 is 20.7 Å². The summed E-state index contributed by atoms with van der Waals surface area (Å²) in [7, 11) is -29.0.